The van der Waals surface area contributed by atoms with E-state index in [1.807, 2.05) is 6.07 Å². The summed E-state index contributed by atoms with van der Waals surface area (Å²) < 4.78 is 15.7. The van der Waals surface area contributed by atoms with E-state index < -0.39 is 35.4 Å². The van der Waals surface area contributed by atoms with Crippen LogP contribution in [0.3, 0.4) is 0 Å². The van der Waals surface area contributed by atoms with Crippen molar-refractivity contribution in [2.24, 2.45) is 0 Å². The molecule has 9 nitrogen and oxygen atoms in total. The number of nitrogens with two attached hydrogens (primary N) is 1. The number of hydrogen-bond donors (Lipinski definition) is 2. The topological polar surface area (TPSA) is 124 Å². The third kappa shape index (κ3) is 6.13. The van der Waals surface area contributed by atoms with Gasteiger partial charge < -0.3 is 24.9 Å². The van der Waals surface area contributed by atoms with Crippen molar-refractivity contribution in [1.29, 1.82) is 0 Å². The van der Waals surface area contributed by atoms with Gasteiger partial charge in [0.15, 0.2) is 0 Å². The maximum Gasteiger partial charge on any atom is 0.420 e. The van der Waals surface area contributed by atoms with Gasteiger partial charge >= 0.3 is 18.2 Å². The molecule has 0 radical (unpaired) electrons. The van der Waals surface area contributed by atoms with Crippen LogP contribution in [0.15, 0.2) is 24.4 Å². The molecule has 0 fully saturated rings. The molecule has 1 atom stereocenters. The highest BCUT2D eigenvalue weighted by molar-refractivity contribution is 5.96. The van der Waals surface area contributed by atoms with Gasteiger partial charge in [-0.15, -0.1) is 0 Å². The highest BCUT2D eigenvalue weighted by atomic mass is 16.6. The summed E-state index contributed by atoms with van der Waals surface area (Å²) in [5.41, 5.74) is 6.22. The fraction of sp³-hybridized carbons (Fsp3) is 0.500. The molecule has 0 unspecified atom stereocenters. The first kappa shape index (κ1) is 24.0. The van der Waals surface area contributed by atoms with Gasteiger partial charge in [-0.1, -0.05) is 6.07 Å². The van der Waals surface area contributed by atoms with Crippen LogP contribution in [-0.4, -0.2) is 52.4 Å². The van der Waals surface area contributed by atoms with Gasteiger partial charge in [0.05, 0.1) is 7.11 Å². The number of H-pyrrole nitrogens is 1. The van der Waals surface area contributed by atoms with Gasteiger partial charge in [-0.3, -0.25) is 0 Å². The minimum absolute atomic E-state index is 0.0423. The lowest BCUT2D eigenvalue weighted by Crippen LogP contribution is -2.53. The van der Waals surface area contributed by atoms with Crippen LogP contribution < -0.4 is 5.73 Å². The molecular weight excluding hydrogens is 402 g/mol. The number of benzene rings is 1. The van der Waals surface area contributed by atoms with Crippen LogP contribution in [0.1, 0.15) is 47.1 Å². The quantitative estimate of drug-likeness (QED) is 0.424. The molecule has 0 aliphatic carbocycles. The average molecular weight is 434 g/mol. The number of methoxy groups -OCH3 is 1. The molecule has 0 aliphatic heterocycles. The van der Waals surface area contributed by atoms with E-state index in [0.29, 0.717) is 21.5 Å². The van der Waals surface area contributed by atoms with Crippen LogP contribution in [-0.2, 0) is 25.4 Å². The van der Waals surface area contributed by atoms with Crippen molar-refractivity contribution in [1.82, 2.24) is 9.88 Å². The molecule has 2 rings (SSSR count). The molecule has 2 amide bonds. The second-order valence-electron chi connectivity index (χ2n) is 9.16. The summed E-state index contributed by atoms with van der Waals surface area (Å²) in [4.78, 5) is 42.4. The van der Waals surface area contributed by atoms with Crippen molar-refractivity contribution in [3.05, 3.63) is 30.0 Å². The number of carbonyl (C=O) groups is 3. The summed E-state index contributed by atoms with van der Waals surface area (Å²) in [5.74, 6) is -0.791. The fourth-order valence-corrected chi connectivity index (χ4v) is 3.02. The maximum absolute atomic E-state index is 13.0. The Morgan fingerprint density at radius 2 is 1.58 bits per heavy atom. The van der Waals surface area contributed by atoms with Crippen LogP contribution in [0.2, 0.25) is 0 Å². The number of nitrogen functional groups attached to an aromatic ring is 1. The zero-order valence-electron chi connectivity index (χ0n) is 19.1. The lowest BCUT2D eigenvalue weighted by Gasteiger charge is -2.32. The van der Waals surface area contributed by atoms with Crippen molar-refractivity contribution in [2.45, 2.75) is 65.2 Å². The normalized spacial score (nSPS) is 12.9. The molecule has 31 heavy (non-hydrogen) atoms. The van der Waals surface area contributed by atoms with Gasteiger partial charge in [0.2, 0.25) is 0 Å². The molecule has 0 bridgehead atoms. The molecule has 1 heterocycles. The van der Waals surface area contributed by atoms with E-state index >= 15 is 0 Å². The third-order valence-electron chi connectivity index (χ3n) is 4.20. The first-order chi connectivity index (χ1) is 14.2. The molecule has 0 spiro atoms. The summed E-state index contributed by atoms with van der Waals surface area (Å²) in [6, 6.07) is 4.03. The lowest BCUT2D eigenvalue weighted by molar-refractivity contribution is -0.146. The molecule has 9 heteroatoms. The molecule has 0 aliphatic rings. The van der Waals surface area contributed by atoms with Gasteiger partial charge in [0.1, 0.15) is 17.2 Å². The smallest absolute Gasteiger partial charge is 0.420 e. The van der Waals surface area contributed by atoms with Crippen LogP contribution in [0.5, 0.6) is 0 Å². The third-order valence-corrected chi connectivity index (χ3v) is 4.20. The Labute approximate surface area is 181 Å². The predicted molar refractivity (Wildman–Crippen MR) is 117 cm³/mol. The molecule has 3 N–H and O–H groups in total. The first-order valence-corrected chi connectivity index (χ1v) is 9.91. The number of aromatic nitrogens is 1. The second kappa shape index (κ2) is 8.87. The molecule has 170 valence electrons. The fourth-order valence-electron chi connectivity index (χ4n) is 3.02. The number of nitrogens with one attached hydrogen (secondary N) is 1. The van der Waals surface area contributed by atoms with Crippen LogP contribution in [0.25, 0.3) is 10.9 Å². The van der Waals surface area contributed by atoms with Crippen molar-refractivity contribution in [3.8, 4) is 0 Å². The Morgan fingerprint density at radius 1 is 1.03 bits per heavy atom. The summed E-state index contributed by atoms with van der Waals surface area (Å²) >= 11 is 0. The maximum atomic E-state index is 13.0. The molecule has 1 aromatic heterocycles. The van der Waals surface area contributed by atoms with Gasteiger partial charge in [0.25, 0.3) is 0 Å². The average Bonchev–Trinajstić information content (AvgIpc) is 3.01. The van der Waals surface area contributed by atoms with Crippen molar-refractivity contribution < 1.29 is 28.6 Å². The number of fused-ring (bicyclic) bond motifs is 1. The molecule has 2 aromatic rings. The summed E-state index contributed by atoms with van der Waals surface area (Å²) in [7, 11) is 1.18. The highest BCUT2D eigenvalue weighted by Gasteiger charge is 2.41. The van der Waals surface area contributed by atoms with Crippen molar-refractivity contribution in [2.75, 3.05) is 12.8 Å². The molecule has 0 saturated carbocycles. The second-order valence-corrected chi connectivity index (χ2v) is 9.16. The number of ether oxygens (including phenoxy) is 3. The Bertz CT molecular complexity index is 940. The lowest BCUT2D eigenvalue weighted by atomic mass is 10.0. The number of rotatable bonds is 4. The number of amides is 2. The first-order valence-electron chi connectivity index (χ1n) is 9.91. The number of esters is 1. The minimum atomic E-state index is -1.33. The number of hydrogen-bond acceptors (Lipinski definition) is 7. The SMILES string of the molecule is COC(=O)[C@H](Cc1c[nH]c2cccc(N)c12)N(C(=O)OC(C)(C)C)C(=O)OC(C)(C)C. The van der Waals surface area contributed by atoms with E-state index in [2.05, 4.69) is 4.98 Å². The van der Waals surface area contributed by atoms with Gasteiger partial charge in [-0.2, -0.15) is 4.90 Å². The Balaban J connectivity index is 2.52. The van der Waals surface area contributed by atoms with E-state index in [1.165, 1.54) is 7.11 Å². The molecule has 0 saturated heterocycles. The monoisotopic (exact) mass is 433 g/mol. The van der Waals surface area contributed by atoms with Crippen LogP contribution >= 0.6 is 0 Å². The van der Waals surface area contributed by atoms with Crippen molar-refractivity contribution in [3.63, 3.8) is 0 Å². The van der Waals surface area contributed by atoms with E-state index in [4.69, 9.17) is 19.9 Å². The Kier molecular flexibility index (Phi) is 6.88. The summed E-state index contributed by atoms with van der Waals surface area (Å²) in [6.45, 7) is 9.95. The minimum Gasteiger partial charge on any atom is -0.467 e. The Hall–Kier alpha value is -3.23. The number of anilines is 1. The van der Waals surface area contributed by atoms with Gasteiger partial charge in [-0.25, -0.2) is 14.4 Å². The van der Waals surface area contributed by atoms with E-state index in [9.17, 15) is 14.4 Å². The number of carbonyl (C=O) groups excluding carboxylic acids is 3. The summed E-state index contributed by atoms with van der Waals surface area (Å²) in [5, 5.41) is 0.699. The van der Waals surface area contributed by atoms with E-state index in [0.717, 1.165) is 5.52 Å². The van der Waals surface area contributed by atoms with Crippen LogP contribution in [0, 0.1) is 0 Å². The number of aromatic amines is 1. The van der Waals surface area contributed by atoms with Crippen LogP contribution in [0.4, 0.5) is 15.3 Å². The highest BCUT2D eigenvalue weighted by Crippen LogP contribution is 2.27. The van der Waals surface area contributed by atoms with E-state index in [-0.39, 0.29) is 6.42 Å². The molecule has 1 aromatic carbocycles. The van der Waals surface area contributed by atoms with Gasteiger partial charge in [-0.05, 0) is 59.2 Å². The largest absolute Gasteiger partial charge is 0.467 e. The molecular formula is C22H31N3O6. The zero-order valence-corrected chi connectivity index (χ0v) is 19.1. The predicted octanol–water partition coefficient (Wildman–Crippen LogP) is 4.01. The van der Waals surface area contributed by atoms with Gasteiger partial charge in [0, 0.05) is 29.2 Å². The summed E-state index contributed by atoms with van der Waals surface area (Å²) in [6.07, 6.45) is -0.381. The standard InChI is InChI=1S/C22H31N3O6/c1-21(2,3)30-19(27)25(20(28)31-22(4,5)6)16(18(26)29-7)11-13-12-24-15-10-8-9-14(23)17(13)15/h8-10,12,16,24H,11,23H2,1-7H3/t16-/m0/s1. The number of imide groups is 1. The number of nitrogens with zero attached hydrogens (tertiary/aromatic N) is 1. The van der Waals surface area contributed by atoms with Crippen molar-refractivity contribution >= 4 is 34.7 Å². The zero-order chi connectivity index (χ0) is 23.6. The van der Waals surface area contributed by atoms with E-state index in [1.54, 1.807) is 59.9 Å². The Morgan fingerprint density at radius 3 is 2.06 bits per heavy atom.